The minimum Gasteiger partial charge on any atom is -0.480 e. The number of anilines is 2. The Bertz CT molecular complexity index is 2130. The van der Waals surface area contributed by atoms with Crippen LogP contribution in [0.5, 0.6) is 5.88 Å². The van der Waals surface area contributed by atoms with E-state index in [1.54, 1.807) is 30.5 Å². The SMILES string of the molecule is C[C@@H]1N(c2cc(-c3cnn(C4CC4)c3)cnc2OC2C[C@@H](C(=O)O)N(c3nc(C(F)(F)F)nc4c3oc3ccccc34)C2)CCOC12COC2. The van der Waals surface area contributed by atoms with E-state index in [0.717, 1.165) is 24.0 Å². The molecular weight excluding hydrogens is 659 g/mol. The van der Waals surface area contributed by atoms with Crippen LogP contribution in [0.1, 0.15) is 38.1 Å². The molecule has 50 heavy (non-hydrogen) atoms. The van der Waals surface area contributed by atoms with E-state index >= 15 is 0 Å². The number of carboxylic acids is 1. The van der Waals surface area contributed by atoms with E-state index in [-0.39, 0.29) is 41.8 Å². The van der Waals surface area contributed by atoms with E-state index in [9.17, 15) is 23.1 Å². The first-order valence-corrected chi connectivity index (χ1v) is 16.5. The summed E-state index contributed by atoms with van der Waals surface area (Å²) in [5, 5.41) is 15.2. The number of hydrogen-bond donors (Lipinski definition) is 1. The summed E-state index contributed by atoms with van der Waals surface area (Å²) in [6.45, 7) is 3.88. The second-order valence-electron chi connectivity index (χ2n) is 13.4. The second-order valence-corrected chi connectivity index (χ2v) is 13.4. The topological polar surface area (TPSA) is 141 Å². The molecule has 7 heterocycles. The van der Waals surface area contributed by atoms with E-state index < -0.39 is 35.7 Å². The summed E-state index contributed by atoms with van der Waals surface area (Å²) in [7, 11) is 0. The number of fused-ring (bicyclic) bond motifs is 3. The van der Waals surface area contributed by atoms with Crippen molar-refractivity contribution in [2.24, 2.45) is 0 Å². The Hall–Kier alpha value is -4.96. The number of morpholine rings is 1. The Morgan fingerprint density at radius 3 is 2.66 bits per heavy atom. The number of carboxylic acid groups (broad SMARTS) is 1. The smallest absolute Gasteiger partial charge is 0.451 e. The molecule has 1 N–H and O–H groups in total. The first kappa shape index (κ1) is 31.1. The number of benzene rings is 1. The Balaban J connectivity index is 1.09. The maximum Gasteiger partial charge on any atom is 0.451 e. The lowest BCUT2D eigenvalue weighted by atomic mass is 9.90. The van der Waals surface area contributed by atoms with Crippen LogP contribution in [0.4, 0.5) is 24.7 Å². The van der Waals surface area contributed by atoms with E-state index in [1.165, 1.54) is 4.90 Å². The van der Waals surface area contributed by atoms with Crippen molar-refractivity contribution in [2.75, 3.05) is 42.7 Å². The van der Waals surface area contributed by atoms with Gasteiger partial charge in [0.15, 0.2) is 11.4 Å². The summed E-state index contributed by atoms with van der Waals surface area (Å²) >= 11 is 0. The van der Waals surface area contributed by atoms with Gasteiger partial charge >= 0.3 is 12.1 Å². The van der Waals surface area contributed by atoms with E-state index in [0.29, 0.717) is 49.1 Å². The number of para-hydroxylation sites is 1. The van der Waals surface area contributed by atoms with Crippen molar-refractivity contribution in [3.05, 3.63) is 54.7 Å². The summed E-state index contributed by atoms with van der Waals surface area (Å²) in [4.78, 5) is 28.5. The van der Waals surface area contributed by atoms with Crippen molar-refractivity contribution in [1.82, 2.24) is 24.7 Å². The number of aromatic nitrogens is 5. The quantitative estimate of drug-likeness (QED) is 0.243. The van der Waals surface area contributed by atoms with Gasteiger partial charge in [0, 0.05) is 41.9 Å². The fraction of sp³-hybridized carbons (Fsp3) is 0.441. The molecule has 16 heteroatoms. The van der Waals surface area contributed by atoms with Gasteiger partial charge in [-0.05, 0) is 38.0 Å². The molecule has 0 bridgehead atoms. The van der Waals surface area contributed by atoms with Gasteiger partial charge in [-0.25, -0.2) is 19.7 Å². The largest absolute Gasteiger partial charge is 0.480 e. The molecule has 1 saturated carbocycles. The van der Waals surface area contributed by atoms with Gasteiger partial charge in [0.05, 0.1) is 44.6 Å². The van der Waals surface area contributed by atoms with Crippen LogP contribution in [0, 0.1) is 0 Å². The van der Waals surface area contributed by atoms with Crippen LogP contribution >= 0.6 is 0 Å². The van der Waals surface area contributed by atoms with Crippen molar-refractivity contribution in [3.8, 4) is 17.0 Å². The molecule has 1 aliphatic carbocycles. The lowest BCUT2D eigenvalue weighted by molar-refractivity contribution is -0.228. The zero-order valence-corrected chi connectivity index (χ0v) is 26.8. The normalized spacial score (nSPS) is 23.6. The zero-order valence-electron chi connectivity index (χ0n) is 26.8. The fourth-order valence-electron chi connectivity index (χ4n) is 7.23. The van der Waals surface area contributed by atoms with Crippen LogP contribution in [0.25, 0.3) is 33.2 Å². The summed E-state index contributed by atoms with van der Waals surface area (Å²) in [5.74, 6) is -2.62. The number of rotatable bonds is 7. The molecule has 3 aliphatic heterocycles. The number of aliphatic carboxylic acids is 1. The van der Waals surface area contributed by atoms with Crippen molar-refractivity contribution < 1.29 is 41.7 Å². The first-order chi connectivity index (χ1) is 24.1. The third-order valence-corrected chi connectivity index (χ3v) is 10.2. The fourth-order valence-corrected chi connectivity index (χ4v) is 7.23. The van der Waals surface area contributed by atoms with Gasteiger partial charge in [0.25, 0.3) is 0 Å². The third-order valence-electron chi connectivity index (χ3n) is 10.2. The highest BCUT2D eigenvalue weighted by molar-refractivity contribution is 6.06. The molecule has 3 atom stereocenters. The molecule has 4 aromatic heterocycles. The summed E-state index contributed by atoms with van der Waals surface area (Å²) in [6, 6.07) is 7.59. The molecule has 5 aromatic rings. The molecule has 4 aliphatic rings. The van der Waals surface area contributed by atoms with E-state index in [2.05, 4.69) is 26.9 Å². The Labute approximate surface area is 282 Å². The molecule has 13 nitrogen and oxygen atoms in total. The molecule has 0 radical (unpaired) electrons. The van der Waals surface area contributed by atoms with Crippen molar-refractivity contribution in [2.45, 2.75) is 62.2 Å². The summed E-state index contributed by atoms with van der Waals surface area (Å²) < 4.78 is 68.4. The van der Waals surface area contributed by atoms with Crippen LogP contribution in [-0.2, 0) is 20.4 Å². The number of furan rings is 1. The number of halogens is 3. The van der Waals surface area contributed by atoms with Gasteiger partial charge in [-0.15, -0.1) is 0 Å². The molecule has 1 aromatic carbocycles. The van der Waals surface area contributed by atoms with Crippen LogP contribution < -0.4 is 14.5 Å². The minimum atomic E-state index is -4.89. The zero-order chi connectivity index (χ0) is 34.4. The van der Waals surface area contributed by atoms with Gasteiger partial charge in [-0.1, -0.05) is 12.1 Å². The predicted molar refractivity (Wildman–Crippen MR) is 172 cm³/mol. The highest BCUT2D eigenvalue weighted by Crippen LogP contribution is 2.43. The monoisotopic (exact) mass is 691 g/mol. The standard InChI is InChI=1S/C34H32F3N7O6/c1-18-33(16-47-17-33)48-9-8-42(18)24-10-19(20-13-39-44(14-20)21-6-7-21)12-38-30(24)49-22-11-25(31(45)46)43(15-22)29-28-27(40-32(41-29)34(35,36)37)23-4-2-3-5-26(23)50-28/h2-5,10,12-14,18,21-22,25H,6-9,11,15-17H2,1H3,(H,45,46)/t18-,22?,25-/m0/s1. The minimum absolute atomic E-state index is 0.0313. The highest BCUT2D eigenvalue weighted by atomic mass is 19.4. The number of pyridine rings is 1. The second kappa shape index (κ2) is 11.3. The van der Waals surface area contributed by atoms with Crippen molar-refractivity contribution in [3.63, 3.8) is 0 Å². The molecular formula is C34H32F3N7O6. The Morgan fingerprint density at radius 1 is 1.10 bits per heavy atom. The van der Waals surface area contributed by atoms with Crippen molar-refractivity contribution >= 4 is 39.5 Å². The van der Waals surface area contributed by atoms with Gasteiger partial charge in [0.2, 0.25) is 11.7 Å². The molecule has 1 spiro atoms. The van der Waals surface area contributed by atoms with Crippen LogP contribution in [0.15, 0.2) is 53.3 Å². The number of carbonyl (C=O) groups is 1. The molecule has 0 amide bonds. The molecule has 260 valence electrons. The lowest BCUT2D eigenvalue weighted by Gasteiger charge is -2.53. The van der Waals surface area contributed by atoms with E-state index in [4.69, 9.17) is 23.6 Å². The van der Waals surface area contributed by atoms with Crippen LogP contribution in [0.2, 0.25) is 0 Å². The molecule has 9 rings (SSSR count). The van der Waals surface area contributed by atoms with E-state index in [1.807, 2.05) is 23.1 Å². The first-order valence-electron chi connectivity index (χ1n) is 16.5. The third kappa shape index (κ3) is 5.11. The Morgan fingerprint density at radius 2 is 1.92 bits per heavy atom. The highest BCUT2D eigenvalue weighted by Gasteiger charge is 2.50. The summed E-state index contributed by atoms with van der Waals surface area (Å²) in [6.07, 6.45) is 2.00. The van der Waals surface area contributed by atoms with Gasteiger partial charge in [0.1, 0.15) is 34.5 Å². The van der Waals surface area contributed by atoms with Crippen LogP contribution in [-0.4, -0.2) is 92.5 Å². The average Bonchev–Trinajstić information content (AvgIpc) is 3.47. The summed E-state index contributed by atoms with van der Waals surface area (Å²) in [5.41, 5.74) is 2.17. The Kier molecular flexibility index (Phi) is 7.01. The van der Waals surface area contributed by atoms with Gasteiger partial charge in [-0.3, -0.25) is 4.68 Å². The number of ether oxygens (including phenoxy) is 3. The predicted octanol–water partition coefficient (Wildman–Crippen LogP) is 5.09. The number of nitrogens with zero attached hydrogens (tertiary/aromatic N) is 7. The average molecular weight is 692 g/mol. The number of alkyl halides is 3. The lowest BCUT2D eigenvalue weighted by Crippen LogP contribution is -2.68. The maximum atomic E-state index is 14.1. The molecule has 4 fully saturated rings. The van der Waals surface area contributed by atoms with Gasteiger partial charge in [-0.2, -0.15) is 18.3 Å². The maximum absolute atomic E-state index is 14.1. The molecule has 3 saturated heterocycles. The number of hydrogen-bond acceptors (Lipinski definition) is 11. The van der Waals surface area contributed by atoms with Crippen molar-refractivity contribution in [1.29, 1.82) is 0 Å². The van der Waals surface area contributed by atoms with Crippen LogP contribution in [0.3, 0.4) is 0 Å². The molecule has 1 unspecified atom stereocenters. The van der Waals surface area contributed by atoms with Gasteiger partial charge < -0.3 is 33.5 Å².